The van der Waals surface area contributed by atoms with Crippen LogP contribution in [0.4, 0.5) is 0 Å². The van der Waals surface area contributed by atoms with Gasteiger partial charge in [0, 0.05) is 25.8 Å². The third kappa shape index (κ3) is 19.1. The number of carboxylic acids is 3. The molecule has 2 saturated heterocycles. The van der Waals surface area contributed by atoms with E-state index < -0.39 is 29.9 Å². The molecule has 0 aromatic carbocycles. The molecule has 0 bridgehead atoms. The lowest BCUT2D eigenvalue weighted by molar-refractivity contribution is -0.142. The van der Waals surface area contributed by atoms with Crippen LogP contribution in [-0.2, 0) is 24.0 Å². The molecule has 2 amide bonds. The number of unbranched alkanes of at least 4 members (excludes halogenated alkanes) is 12. The van der Waals surface area contributed by atoms with Crippen LogP contribution in [0.15, 0.2) is 0 Å². The van der Waals surface area contributed by atoms with Crippen molar-refractivity contribution < 1.29 is 39.3 Å². The Morgan fingerprint density at radius 3 is 1.60 bits per heavy atom. The lowest BCUT2D eigenvalue weighted by Crippen LogP contribution is -2.41. The molecular formula is C29H48N2O8S6. The molecule has 0 aromatic rings. The number of amides is 2. The van der Waals surface area contributed by atoms with Gasteiger partial charge in [-0.25, -0.2) is 4.79 Å². The third-order valence-corrected chi connectivity index (χ3v) is 21.3. The molecule has 16 heteroatoms. The van der Waals surface area contributed by atoms with Crippen molar-refractivity contribution in [2.45, 2.75) is 135 Å². The van der Waals surface area contributed by atoms with Gasteiger partial charge in [0.25, 0.3) is 0 Å². The van der Waals surface area contributed by atoms with Crippen molar-refractivity contribution in [2.75, 3.05) is 6.54 Å². The van der Waals surface area contributed by atoms with Gasteiger partial charge < -0.3 is 26.0 Å². The molecule has 5 N–H and O–H groups in total. The molecule has 2 aliphatic rings. The van der Waals surface area contributed by atoms with Crippen LogP contribution in [0.1, 0.15) is 122 Å². The molecule has 0 aromatic heterocycles. The summed E-state index contributed by atoms with van der Waals surface area (Å²) in [4.78, 5) is 58.4. The number of carboxylic acid groups (broad SMARTS) is 3. The van der Waals surface area contributed by atoms with Gasteiger partial charge in [-0.05, 0) is 53.7 Å². The van der Waals surface area contributed by atoms with Crippen molar-refractivity contribution in [3.63, 3.8) is 0 Å². The zero-order valence-corrected chi connectivity index (χ0v) is 30.6. The average Bonchev–Trinajstić information content (AvgIpc) is 3.75. The number of hydrogen-bond donors (Lipinski definition) is 5. The van der Waals surface area contributed by atoms with Gasteiger partial charge in [-0.1, -0.05) is 114 Å². The van der Waals surface area contributed by atoms with E-state index in [-0.39, 0.29) is 44.8 Å². The van der Waals surface area contributed by atoms with E-state index in [4.69, 9.17) is 5.11 Å². The standard InChI is InChI=1S/C29H48N2O8S6/c32-23(30-20-14-13-15-21(26(36)37)28-40-42-29(43-41-28)44-45-29)19-18-22(27(38)39)31-24(33)16-11-9-7-5-3-1-2-4-6-8-10-12-17-25(34)35/h21-22,28H,1-20H2,(H,30,32)(H,31,33)(H,34,35)(H,36,37)(H,38,39)/t21-,22-/m0/s1. The van der Waals surface area contributed by atoms with Crippen molar-refractivity contribution >= 4 is 94.5 Å². The van der Waals surface area contributed by atoms with E-state index >= 15 is 0 Å². The number of hydrogen-bond acceptors (Lipinski definition) is 11. The monoisotopic (exact) mass is 744 g/mol. The van der Waals surface area contributed by atoms with E-state index in [1.54, 1.807) is 43.2 Å². The number of aliphatic carboxylic acids is 3. The highest BCUT2D eigenvalue weighted by Gasteiger charge is 2.53. The molecular weight excluding hydrogens is 697 g/mol. The Balaban J connectivity index is 1.45. The summed E-state index contributed by atoms with van der Waals surface area (Å²) in [5.74, 6) is -3.70. The van der Waals surface area contributed by atoms with E-state index in [1.807, 2.05) is 21.6 Å². The third-order valence-electron chi connectivity index (χ3n) is 7.46. The van der Waals surface area contributed by atoms with Gasteiger partial charge in [-0.15, -0.1) is 0 Å². The molecule has 2 fully saturated rings. The minimum atomic E-state index is -1.16. The van der Waals surface area contributed by atoms with Gasteiger partial charge >= 0.3 is 17.9 Å². The summed E-state index contributed by atoms with van der Waals surface area (Å²) in [5.41, 5.74) is 0. The molecule has 2 heterocycles. The predicted molar refractivity (Wildman–Crippen MR) is 191 cm³/mol. The Morgan fingerprint density at radius 1 is 0.578 bits per heavy atom. The summed E-state index contributed by atoms with van der Waals surface area (Å²) >= 11 is 0. The lowest BCUT2D eigenvalue weighted by atomic mass is 10.0. The van der Waals surface area contributed by atoms with Crippen LogP contribution in [0.2, 0.25) is 0 Å². The molecule has 0 unspecified atom stereocenters. The second-order valence-corrected chi connectivity index (χ2v) is 20.8. The average molecular weight is 745 g/mol. The first kappa shape index (κ1) is 40.6. The Bertz CT molecular complexity index is 932. The molecule has 45 heavy (non-hydrogen) atoms. The number of carbonyl (C=O) groups excluding carboxylic acids is 2. The van der Waals surface area contributed by atoms with Crippen molar-refractivity contribution in [3.8, 4) is 0 Å². The normalized spacial score (nSPS) is 17.0. The second-order valence-electron chi connectivity index (χ2n) is 11.3. The minimum absolute atomic E-state index is 0.00981. The van der Waals surface area contributed by atoms with Crippen LogP contribution in [-0.4, -0.2) is 65.0 Å². The smallest absolute Gasteiger partial charge is 0.326 e. The van der Waals surface area contributed by atoms with Gasteiger partial charge in [0.1, 0.15) is 6.04 Å². The lowest BCUT2D eigenvalue weighted by Gasteiger charge is -2.27. The Morgan fingerprint density at radius 2 is 1.11 bits per heavy atom. The summed E-state index contributed by atoms with van der Waals surface area (Å²) in [6.45, 7) is 0.399. The molecule has 258 valence electrons. The van der Waals surface area contributed by atoms with E-state index in [0.717, 1.165) is 51.4 Å². The first-order chi connectivity index (χ1) is 21.6. The van der Waals surface area contributed by atoms with Gasteiger partial charge in [-0.2, -0.15) is 0 Å². The summed E-state index contributed by atoms with van der Waals surface area (Å²) < 4.78 is 0.127. The highest BCUT2D eigenvalue weighted by atomic mass is 33.2. The van der Waals surface area contributed by atoms with Crippen LogP contribution >= 0.6 is 64.8 Å². The Hall–Kier alpha value is -0.550. The molecule has 2 aliphatic heterocycles. The van der Waals surface area contributed by atoms with Crippen LogP contribution in [0.25, 0.3) is 0 Å². The summed E-state index contributed by atoms with van der Waals surface area (Å²) in [7, 11) is 10.4. The summed E-state index contributed by atoms with van der Waals surface area (Å²) in [5, 5.41) is 33.1. The quantitative estimate of drug-likeness (QED) is 0.0312. The van der Waals surface area contributed by atoms with Gasteiger partial charge in [-0.3, -0.25) is 19.2 Å². The van der Waals surface area contributed by atoms with E-state index in [1.165, 1.54) is 19.3 Å². The fraction of sp³-hybridized carbons (Fsp3) is 0.828. The van der Waals surface area contributed by atoms with Gasteiger partial charge in [0.15, 0.2) is 2.74 Å². The first-order valence-corrected chi connectivity index (χ1v) is 22.5. The zero-order chi connectivity index (χ0) is 32.9. The van der Waals surface area contributed by atoms with Crippen LogP contribution < -0.4 is 10.6 Å². The SMILES string of the molecule is O=C(O)CCCCCCCCCCCCCCC(=O)N[C@@H](CCC(=O)NCCCC[C@@H](C(=O)O)C1SSC2(SS1)SS2)C(=O)O. The molecule has 2 rings (SSSR count). The second kappa shape index (κ2) is 23.7. The number of carbonyl (C=O) groups is 5. The van der Waals surface area contributed by atoms with Crippen LogP contribution in [0, 0.1) is 5.92 Å². The minimum Gasteiger partial charge on any atom is -0.481 e. The van der Waals surface area contributed by atoms with Gasteiger partial charge in [0.2, 0.25) is 11.8 Å². The first-order valence-electron chi connectivity index (χ1n) is 15.9. The largest absolute Gasteiger partial charge is 0.481 e. The van der Waals surface area contributed by atoms with Crippen molar-refractivity contribution in [1.29, 1.82) is 0 Å². The fourth-order valence-corrected chi connectivity index (χ4v) is 18.6. The van der Waals surface area contributed by atoms with Crippen molar-refractivity contribution in [1.82, 2.24) is 10.6 Å². The Kier molecular flexibility index (Phi) is 21.4. The zero-order valence-electron chi connectivity index (χ0n) is 25.7. The van der Waals surface area contributed by atoms with Crippen molar-refractivity contribution in [3.05, 3.63) is 0 Å². The number of rotatable bonds is 27. The van der Waals surface area contributed by atoms with Gasteiger partial charge in [0.05, 0.1) is 10.5 Å². The summed E-state index contributed by atoms with van der Waals surface area (Å²) in [6.07, 6.45) is 14.9. The maximum absolute atomic E-state index is 12.3. The molecule has 2 atom stereocenters. The Labute approximate surface area is 290 Å². The highest BCUT2D eigenvalue weighted by Crippen LogP contribution is 2.84. The molecule has 10 nitrogen and oxygen atoms in total. The molecule has 1 spiro atoms. The maximum Gasteiger partial charge on any atom is 0.326 e. The summed E-state index contributed by atoms with van der Waals surface area (Å²) in [6, 6.07) is -1.11. The molecule has 0 radical (unpaired) electrons. The van der Waals surface area contributed by atoms with Crippen molar-refractivity contribution in [2.24, 2.45) is 5.92 Å². The predicted octanol–water partition coefficient (Wildman–Crippen LogP) is 7.98. The van der Waals surface area contributed by atoms with Crippen LogP contribution in [0.3, 0.4) is 0 Å². The van der Waals surface area contributed by atoms with Crippen LogP contribution in [0.5, 0.6) is 0 Å². The fourth-order valence-electron chi connectivity index (χ4n) is 4.78. The van der Waals surface area contributed by atoms with E-state index in [0.29, 0.717) is 32.2 Å². The molecule has 0 aliphatic carbocycles. The number of nitrogens with one attached hydrogen (secondary N) is 2. The maximum atomic E-state index is 12.3. The molecule has 0 saturated carbocycles. The van der Waals surface area contributed by atoms with E-state index in [9.17, 15) is 34.2 Å². The highest BCUT2D eigenvalue weighted by molar-refractivity contribution is 9.14. The topological polar surface area (TPSA) is 170 Å². The van der Waals surface area contributed by atoms with E-state index in [2.05, 4.69) is 10.6 Å².